The van der Waals surface area contributed by atoms with Crippen LogP contribution in [0.4, 0.5) is 5.69 Å². The van der Waals surface area contributed by atoms with E-state index in [0.29, 0.717) is 0 Å². The summed E-state index contributed by atoms with van der Waals surface area (Å²) in [6, 6.07) is 17.0. The highest BCUT2D eigenvalue weighted by Gasteiger charge is 2.08. The van der Waals surface area contributed by atoms with Crippen LogP contribution in [0.1, 0.15) is 5.56 Å². The van der Waals surface area contributed by atoms with Gasteiger partial charge in [-0.2, -0.15) is 0 Å². The quantitative estimate of drug-likeness (QED) is 0.653. The van der Waals surface area contributed by atoms with Crippen LogP contribution in [-0.2, 0) is 11.3 Å². The number of benzene rings is 2. The molecule has 3 rings (SSSR count). The molecule has 0 fully saturated rings. The molecule has 0 bridgehead atoms. The second-order valence-corrected chi connectivity index (χ2v) is 11.0. The van der Waals surface area contributed by atoms with Crippen LogP contribution in [-0.4, -0.2) is 29.2 Å². The molecular weight excluding hydrogens is 328 g/mol. The number of amides is 1. The van der Waals surface area contributed by atoms with Crippen molar-refractivity contribution in [3.05, 3.63) is 72.9 Å². The average Bonchev–Trinajstić information content (AvgIpc) is 2.96. The van der Waals surface area contributed by atoms with Crippen LogP contribution in [0, 0.1) is 0 Å². The van der Waals surface area contributed by atoms with Gasteiger partial charge < -0.3 is 9.88 Å². The maximum Gasteiger partial charge on any atom is 0.247 e. The SMILES string of the molecule is C=CC(=O)Nc1ccc2c(ccn2Cc2ccc(S(C)(C)C)cc2)c1. The minimum atomic E-state index is -0.682. The Hall–Kier alpha value is -2.46. The first-order valence-corrected chi connectivity index (χ1v) is 11.0. The summed E-state index contributed by atoms with van der Waals surface area (Å²) in [5.74, 6) is -0.195. The lowest BCUT2D eigenvalue weighted by Gasteiger charge is -2.25. The third kappa shape index (κ3) is 3.97. The number of nitrogens with zero attached hydrogens (tertiary/aromatic N) is 1. The van der Waals surface area contributed by atoms with Gasteiger partial charge >= 0.3 is 0 Å². The molecule has 3 aromatic rings. The summed E-state index contributed by atoms with van der Waals surface area (Å²) >= 11 is 0. The Balaban J connectivity index is 1.82. The number of carbonyl (C=O) groups is 1. The number of hydrogen-bond acceptors (Lipinski definition) is 1. The lowest BCUT2D eigenvalue weighted by atomic mass is 10.2. The predicted molar refractivity (Wildman–Crippen MR) is 110 cm³/mol. The van der Waals surface area contributed by atoms with Gasteiger partial charge in [-0.1, -0.05) is 18.7 Å². The highest BCUT2D eigenvalue weighted by molar-refractivity contribution is 8.32. The monoisotopic (exact) mass is 352 g/mol. The van der Waals surface area contributed by atoms with E-state index in [1.165, 1.54) is 16.5 Å². The Morgan fingerprint density at radius 1 is 1.12 bits per heavy atom. The van der Waals surface area contributed by atoms with Gasteiger partial charge in [0, 0.05) is 29.3 Å². The molecule has 0 aliphatic rings. The highest BCUT2D eigenvalue weighted by atomic mass is 32.3. The molecule has 0 saturated heterocycles. The second kappa shape index (κ2) is 6.81. The number of nitrogens with one attached hydrogen (secondary N) is 1. The minimum Gasteiger partial charge on any atom is -0.343 e. The van der Waals surface area contributed by atoms with Crippen molar-refractivity contribution in [2.75, 3.05) is 24.1 Å². The molecule has 4 heteroatoms. The summed E-state index contributed by atoms with van der Waals surface area (Å²) in [4.78, 5) is 12.9. The number of rotatable bonds is 5. The summed E-state index contributed by atoms with van der Waals surface area (Å²) in [6.07, 6.45) is 10.3. The molecule has 0 unspecified atom stereocenters. The molecule has 0 spiro atoms. The summed E-state index contributed by atoms with van der Waals surface area (Å²) in [6.45, 7) is 4.31. The van der Waals surface area contributed by atoms with Gasteiger partial charge in [0.05, 0.1) is 0 Å². The van der Waals surface area contributed by atoms with Gasteiger partial charge in [-0.3, -0.25) is 4.79 Å². The van der Waals surface area contributed by atoms with Crippen LogP contribution in [0.3, 0.4) is 0 Å². The molecule has 1 N–H and O–H groups in total. The van der Waals surface area contributed by atoms with E-state index in [-0.39, 0.29) is 5.91 Å². The molecule has 130 valence electrons. The number of hydrogen-bond donors (Lipinski definition) is 1. The largest absolute Gasteiger partial charge is 0.343 e. The predicted octanol–water partition coefficient (Wildman–Crippen LogP) is 4.87. The fraction of sp³-hybridized carbons (Fsp3) is 0.190. The van der Waals surface area contributed by atoms with Gasteiger partial charge in [0.25, 0.3) is 0 Å². The molecular formula is C21H24N2OS. The molecule has 3 nitrogen and oxygen atoms in total. The first-order valence-electron chi connectivity index (χ1n) is 8.16. The van der Waals surface area contributed by atoms with Gasteiger partial charge in [0.2, 0.25) is 5.91 Å². The van der Waals surface area contributed by atoms with Crippen molar-refractivity contribution in [1.29, 1.82) is 0 Å². The van der Waals surface area contributed by atoms with Crippen molar-refractivity contribution in [1.82, 2.24) is 4.57 Å². The molecule has 0 aliphatic carbocycles. The number of aromatic nitrogens is 1. The van der Waals surface area contributed by atoms with E-state index in [0.717, 1.165) is 23.1 Å². The van der Waals surface area contributed by atoms with Crippen molar-refractivity contribution in [3.8, 4) is 0 Å². The van der Waals surface area contributed by atoms with E-state index in [1.54, 1.807) is 0 Å². The lowest BCUT2D eigenvalue weighted by molar-refractivity contribution is -0.111. The second-order valence-electron chi connectivity index (χ2n) is 6.89. The van der Waals surface area contributed by atoms with Gasteiger partial charge in [0.1, 0.15) is 0 Å². The van der Waals surface area contributed by atoms with Gasteiger partial charge in [-0.05, 0) is 71.7 Å². The zero-order chi connectivity index (χ0) is 18.0. The molecule has 25 heavy (non-hydrogen) atoms. The molecule has 0 saturated carbocycles. The molecule has 1 heterocycles. The Kier molecular flexibility index (Phi) is 4.73. The smallest absolute Gasteiger partial charge is 0.247 e. The standard InChI is InChI=1S/C21H24N2OS/c1-5-21(24)22-18-8-11-20-17(14-18)12-13-23(20)15-16-6-9-19(10-7-16)25(2,3)4/h5-14H,1,15H2,2-4H3,(H,22,24). The Morgan fingerprint density at radius 2 is 1.84 bits per heavy atom. The zero-order valence-corrected chi connectivity index (χ0v) is 15.8. The molecule has 0 radical (unpaired) electrons. The molecule has 0 aliphatic heterocycles. The fourth-order valence-corrected chi connectivity index (χ4v) is 3.76. The van der Waals surface area contributed by atoms with E-state index in [2.05, 4.69) is 71.8 Å². The summed E-state index contributed by atoms with van der Waals surface area (Å²) < 4.78 is 2.23. The van der Waals surface area contributed by atoms with Crippen LogP contribution in [0.15, 0.2) is 72.3 Å². The van der Waals surface area contributed by atoms with Crippen molar-refractivity contribution in [2.45, 2.75) is 11.4 Å². The molecule has 0 atom stereocenters. The van der Waals surface area contributed by atoms with E-state index in [1.807, 2.05) is 18.2 Å². The van der Waals surface area contributed by atoms with Crippen molar-refractivity contribution >= 4 is 32.5 Å². The molecule has 2 aromatic carbocycles. The van der Waals surface area contributed by atoms with E-state index >= 15 is 0 Å². The fourth-order valence-electron chi connectivity index (χ4n) is 2.81. The third-order valence-electron chi connectivity index (χ3n) is 4.21. The minimum absolute atomic E-state index is 0.195. The third-order valence-corrected chi connectivity index (χ3v) is 5.89. The maximum absolute atomic E-state index is 11.4. The normalized spacial score (nSPS) is 12.1. The Bertz CT molecular complexity index is 917. The van der Waals surface area contributed by atoms with Gasteiger partial charge in [-0.25, -0.2) is 10.0 Å². The molecule has 1 aromatic heterocycles. The topological polar surface area (TPSA) is 34.0 Å². The van der Waals surface area contributed by atoms with Gasteiger partial charge in [0.15, 0.2) is 0 Å². The Labute approximate surface area is 150 Å². The highest BCUT2D eigenvalue weighted by Crippen LogP contribution is 2.44. The van der Waals surface area contributed by atoms with Crippen LogP contribution in [0.5, 0.6) is 0 Å². The summed E-state index contributed by atoms with van der Waals surface area (Å²) in [5, 5.41) is 3.91. The van der Waals surface area contributed by atoms with Crippen LogP contribution in [0.25, 0.3) is 10.9 Å². The lowest BCUT2D eigenvalue weighted by Crippen LogP contribution is -2.07. The van der Waals surface area contributed by atoms with E-state index in [4.69, 9.17) is 0 Å². The molecule has 1 amide bonds. The van der Waals surface area contributed by atoms with Crippen molar-refractivity contribution < 1.29 is 4.79 Å². The first-order chi connectivity index (χ1) is 11.9. The Morgan fingerprint density at radius 3 is 2.48 bits per heavy atom. The number of fused-ring (bicyclic) bond motifs is 1. The van der Waals surface area contributed by atoms with Crippen molar-refractivity contribution in [2.24, 2.45) is 0 Å². The van der Waals surface area contributed by atoms with Gasteiger partial charge in [-0.15, -0.1) is 0 Å². The zero-order valence-electron chi connectivity index (χ0n) is 15.0. The van der Waals surface area contributed by atoms with E-state index < -0.39 is 10.0 Å². The summed E-state index contributed by atoms with van der Waals surface area (Å²) in [7, 11) is -0.682. The first kappa shape index (κ1) is 17.4. The average molecular weight is 353 g/mol. The van der Waals surface area contributed by atoms with Crippen LogP contribution < -0.4 is 5.32 Å². The van der Waals surface area contributed by atoms with Crippen LogP contribution >= 0.6 is 10.0 Å². The summed E-state index contributed by atoms with van der Waals surface area (Å²) in [5.41, 5.74) is 3.23. The number of carbonyl (C=O) groups excluding carboxylic acids is 1. The van der Waals surface area contributed by atoms with E-state index in [9.17, 15) is 4.79 Å². The van der Waals surface area contributed by atoms with Crippen molar-refractivity contribution in [3.63, 3.8) is 0 Å². The van der Waals surface area contributed by atoms with Crippen LogP contribution in [0.2, 0.25) is 0 Å². The number of anilines is 1. The maximum atomic E-state index is 11.4.